The number of anilines is 1. The van der Waals surface area contributed by atoms with E-state index in [1.54, 1.807) is 0 Å². The Bertz CT molecular complexity index is 741. The van der Waals surface area contributed by atoms with E-state index >= 15 is 0 Å². The number of ether oxygens (including phenoxy) is 2. The van der Waals surface area contributed by atoms with Gasteiger partial charge in [0.15, 0.2) is 0 Å². The van der Waals surface area contributed by atoms with Crippen molar-refractivity contribution >= 4 is 27.8 Å². The van der Waals surface area contributed by atoms with Crippen molar-refractivity contribution in [1.82, 2.24) is 4.72 Å². The number of carbonyl (C=O) groups excluding carboxylic acids is 2. The highest BCUT2D eigenvalue weighted by atomic mass is 32.2. The smallest absolute Gasteiger partial charge is 0.339 e. The molecule has 0 aromatic heterocycles. The summed E-state index contributed by atoms with van der Waals surface area (Å²) in [6.07, 6.45) is 4.58. The number of carbonyl (C=O) groups is 2. The zero-order chi connectivity index (χ0) is 18.4. The topological polar surface area (TPSA) is 111 Å². The molecule has 1 aliphatic rings. The molecule has 1 aromatic rings. The van der Waals surface area contributed by atoms with Crippen LogP contribution < -0.4 is 9.44 Å². The molecule has 9 heteroatoms. The van der Waals surface area contributed by atoms with Crippen LogP contribution >= 0.6 is 0 Å². The van der Waals surface area contributed by atoms with Gasteiger partial charge in [-0.3, -0.25) is 4.72 Å². The molecule has 0 radical (unpaired) electrons. The van der Waals surface area contributed by atoms with E-state index in [2.05, 4.69) is 18.9 Å². The number of rotatable bonds is 6. The van der Waals surface area contributed by atoms with Crippen LogP contribution in [0.25, 0.3) is 0 Å². The molecule has 2 rings (SSSR count). The molecule has 0 heterocycles. The van der Waals surface area contributed by atoms with Gasteiger partial charge in [-0.15, -0.1) is 0 Å². The van der Waals surface area contributed by atoms with Gasteiger partial charge in [-0.2, -0.15) is 13.1 Å². The number of methoxy groups -OCH3 is 2. The van der Waals surface area contributed by atoms with Gasteiger partial charge >= 0.3 is 11.9 Å². The second kappa shape index (κ2) is 8.30. The van der Waals surface area contributed by atoms with Gasteiger partial charge in [-0.05, 0) is 31.0 Å². The summed E-state index contributed by atoms with van der Waals surface area (Å²) in [5, 5.41) is 0. The number of hydrogen-bond donors (Lipinski definition) is 2. The summed E-state index contributed by atoms with van der Waals surface area (Å²) in [5.41, 5.74) is 0.0766. The molecule has 0 unspecified atom stereocenters. The molecule has 1 fully saturated rings. The standard InChI is InChI=1S/C16H22N2O6S/c1-23-15(19)11-8-9-13(16(20)24-2)14(10-11)18-25(21,22)17-12-6-4-3-5-7-12/h8-10,12,17-18H,3-7H2,1-2H3. The molecule has 1 aliphatic carbocycles. The zero-order valence-electron chi connectivity index (χ0n) is 14.2. The number of hydrogen-bond acceptors (Lipinski definition) is 6. The quantitative estimate of drug-likeness (QED) is 0.739. The Balaban J connectivity index is 2.27. The van der Waals surface area contributed by atoms with Gasteiger partial charge in [-0.1, -0.05) is 19.3 Å². The Morgan fingerprint density at radius 3 is 2.28 bits per heavy atom. The van der Waals surface area contributed by atoms with Crippen molar-refractivity contribution in [2.75, 3.05) is 18.9 Å². The molecule has 8 nitrogen and oxygen atoms in total. The molecule has 0 amide bonds. The Morgan fingerprint density at radius 2 is 1.68 bits per heavy atom. The predicted molar refractivity (Wildman–Crippen MR) is 91.7 cm³/mol. The second-order valence-corrected chi connectivity index (χ2v) is 7.25. The summed E-state index contributed by atoms with van der Waals surface area (Å²) in [4.78, 5) is 23.5. The molecule has 0 saturated heterocycles. The van der Waals surface area contributed by atoms with Crippen LogP contribution in [-0.4, -0.2) is 40.6 Å². The molecular weight excluding hydrogens is 348 g/mol. The summed E-state index contributed by atoms with van der Waals surface area (Å²) in [5.74, 6) is -1.36. The predicted octanol–water partition coefficient (Wildman–Crippen LogP) is 1.84. The van der Waals surface area contributed by atoms with Crippen LogP contribution in [0, 0.1) is 0 Å². The summed E-state index contributed by atoms with van der Waals surface area (Å²) in [6.45, 7) is 0. The Labute approximate surface area is 147 Å². The Morgan fingerprint density at radius 1 is 1.04 bits per heavy atom. The van der Waals surface area contributed by atoms with E-state index in [9.17, 15) is 18.0 Å². The summed E-state index contributed by atoms with van der Waals surface area (Å²) < 4.78 is 39.0. The summed E-state index contributed by atoms with van der Waals surface area (Å²) in [7, 11) is -1.50. The van der Waals surface area contributed by atoms with Gasteiger partial charge in [-0.25, -0.2) is 9.59 Å². The van der Waals surface area contributed by atoms with E-state index in [-0.39, 0.29) is 22.9 Å². The number of nitrogens with one attached hydrogen (secondary N) is 2. The van der Waals surface area contributed by atoms with Crippen molar-refractivity contribution in [3.63, 3.8) is 0 Å². The Kier molecular flexibility index (Phi) is 6.38. The lowest BCUT2D eigenvalue weighted by molar-refractivity contribution is 0.0587. The maximum Gasteiger partial charge on any atom is 0.339 e. The van der Waals surface area contributed by atoms with Crippen molar-refractivity contribution in [1.29, 1.82) is 0 Å². The lowest BCUT2D eigenvalue weighted by atomic mass is 9.96. The van der Waals surface area contributed by atoms with Crippen molar-refractivity contribution in [2.45, 2.75) is 38.1 Å². The third-order valence-electron chi connectivity index (χ3n) is 4.02. The summed E-state index contributed by atoms with van der Waals surface area (Å²) >= 11 is 0. The van der Waals surface area contributed by atoms with E-state index < -0.39 is 22.1 Å². The van der Waals surface area contributed by atoms with Gasteiger partial charge in [0, 0.05) is 6.04 Å². The van der Waals surface area contributed by atoms with Crippen LogP contribution in [0.5, 0.6) is 0 Å². The van der Waals surface area contributed by atoms with Gasteiger partial charge in [0.25, 0.3) is 10.2 Å². The molecule has 0 spiro atoms. The van der Waals surface area contributed by atoms with Crippen LogP contribution in [-0.2, 0) is 19.7 Å². The largest absolute Gasteiger partial charge is 0.465 e. The Hall–Kier alpha value is -2.13. The molecular formula is C16H22N2O6S. The van der Waals surface area contributed by atoms with Crippen molar-refractivity contribution in [2.24, 2.45) is 0 Å². The van der Waals surface area contributed by atoms with E-state index in [1.165, 1.54) is 32.4 Å². The molecule has 1 aromatic carbocycles. The lowest BCUT2D eigenvalue weighted by Gasteiger charge is -2.23. The van der Waals surface area contributed by atoms with Gasteiger partial charge in [0.1, 0.15) is 0 Å². The van der Waals surface area contributed by atoms with Crippen LogP contribution in [0.1, 0.15) is 52.8 Å². The van der Waals surface area contributed by atoms with E-state index in [0.29, 0.717) is 0 Å². The van der Waals surface area contributed by atoms with Crippen molar-refractivity contribution in [3.8, 4) is 0 Å². The maximum atomic E-state index is 12.4. The fourth-order valence-corrected chi connectivity index (χ4v) is 3.97. The minimum atomic E-state index is -3.91. The highest BCUT2D eigenvalue weighted by Gasteiger charge is 2.23. The third kappa shape index (κ3) is 5.17. The van der Waals surface area contributed by atoms with Crippen LogP contribution in [0.2, 0.25) is 0 Å². The molecule has 0 aliphatic heterocycles. The van der Waals surface area contributed by atoms with Crippen LogP contribution in [0.4, 0.5) is 5.69 Å². The lowest BCUT2D eigenvalue weighted by Crippen LogP contribution is -2.40. The van der Waals surface area contributed by atoms with Crippen LogP contribution in [0.3, 0.4) is 0 Å². The van der Waals surface area contributed by atoms with Crippen LogP contribution in [0.15, 0.2) is 18.2 Å². The fourth-order valence-electron chi connectivity index (χ4n) is 2.78. The van der Waals surface area contributed by atoms with Crippen molar-refractivity contribution in [3.05, 3.63) is 29.3 Å². The highest BCUT2D eigenvalue weighted by molar-refractivity contribution is 7.90. The first kappa shape index (κ1) is 19.2. The first-order valence-corrected chi connectivity index (χ1v) is 9.45. The minimum absolute atomic E-state index is 0.00386. The van der Waals surface area contributed by atoms with Crippen molar-refractivity contribution < 1.29 is 27.5 Å². The van der Waals surface area contributed by atoms with Gasteiger partial charge in [0.05, 0.1) is 31.0 Å². The normalized spacial score (nSPS) is 15.4. The molecule has 2 N–H and O–H groups in total. The van der Waals surface area contributed by atoms with Gasteiger partial charge in [0.2, 0.25) is 0 Å². The van der Waals surface area contributed by atoms with E-state index in [0.717, 1.165) is 32.1 Å². The molecule has 25 heavy (non-hydrogen) atoms. The molecule has 138 valence electrons. The maximum absolute atomic E-state index is 12.4. The fraction of sp³-hybridized carbons (Fsp3) is 0.500. The highest BCUT2D eigenvalue weighted by Crippen LogP contribution is 2.22. The molecule has 1 saturated carbocycles. The number of esters is 2. The second-order valence-electron chi connectivity index (χ2n) is 5.80. The average Bonchev–Trinajstić information content (AvgIpc) is 2.60. The molecule has 0 atom stereocenters. The van der Waals surface area contributed by atoms with E-state index in [1.807, 2.05) is 0 Å². The monoisotopic (exact) mass is 370 g/mol. The first-order valence-electron chi connectivity index (χ1n) is 7.97. The number of benzene rings is 1. The minimum Gasteiger partial charge on any atom is -0.465 e. The zero-order valence-corrected chi connectivity index (χ0v) is 15.0. The van der Waals surface area contributed by atoms with E-state index in [4.69, 9.17) is 0 Å². The SMILES string of the molecule is COC(=O)c1ccc(C(=O)OC)c(NS(=O)(=O)NC2CCCCC2)c1. The molecule has 0 bridgehead atoms. The first-order chi connectivity index (χ1) is 11.9. The third-order valence-corrected chi connectivity index (χ3v) is 5.15. The summed E-state index contributed by atoms with van der Waals surface area (Å²) in [6, 6.07) is 3.79. The van der Waals surface area contributed by atoms with Gasteiger partial charge < -0.3 is 9.47 Å². The average molecular weight is 370 g/mol.